The Bertz CT molecular complexity index is 655. The van der Waals surface area contributed by atoms with Crippen LogP contribution in [-0.2, 0) is 17.5 Å². The number of ether oxygens (including phenoxy) is 1. The van der Waals surface area contributed by atoms with E-state index in [0.717, 1.165) is 25.1 Å². The van der Waals surface area contributed by atoms with Crippen molar-refractivity contribution < 1.29 is 17.9 Å². The molecule has 0 atom stereocenters. The molecule has 0 saturated carbocycles. The number of hydrogen-bond donors (Lipinski definition) is 2. The summed E-state index contributed by atoms with van der Waals surface area (Å²) in [5, 5.41) is 6.29. The predicted molar refractivity (Wildman–Crippen MR) is 130 cm³/mol. The Balaban J connectivity index is 0.00000450. The summed E-state index contributed by atoms with van der Waals surface area (Å²) in [6, 6.07) is 4.52. The number of benzene rings is 1. The van der Waals surface area contributed by atoms with E-state index in [4.69, 9.17) is 4.74 Å². The number of nitrogens with one attached hydrogen (secondary N) is 2. The molecule has 0 radical (unpaired) electrons. The summed E-state index contributed by atoms with van der Waals surface area (Å²) in [6.45, 7) is 5.55. The monoisotopic (exact) mass is 560 g/mol. The highest BCUT2D eigenvalue weighted by molar-refractivity contribution is 14.0. The van der Waals surface area contributed by atoms with Crippen LogP contribution in [0.15, 0.2) is 23.2 Å². The van der Waals surface area contributed by atoms with E-state index < -0.39 is 11.7 Å². The number of morpholine rings is 1. The lowest BCUT2D eigenvalue weighted by Crippen LogP contribution is -2.37. The van der Waals surface area contributed by atoms with Crippen LogP contribution < -0.4 is 15.5 Å². The maximum atomic E-state index is 13.7. The fraction of sp³-hybridized carbons (Fsp3) is 0.650. The summed E-state index contributed by atoms with van der Waals surface area (Å²) < 4.78 is 46.3. The van der Waals surface area contributed by atoms with Gasteiger partial charge in [0.05, 0.1) is 25.3 Å². The van der Waals surface area contributed by atoms with Gasteiger partial charge in [-0.15, -0.1) is 24.0 Å². The SMILES string of the molecule is CCNC(=NCc1ccc(N2CCOCC2)cc1C(F)(F)F)NCCCCSC.I. The number of unbranched alkanes of at least 4 members (excludes halogenated alkanes) is 1. The van der Waals surface area contributed by atoms with E-state index in [2.05, 4.69) is 21.9 Å². The Labute approximate surface area is 198 Å². The van der Waals surface area contributed by atoms with Crippen molar-refractivity contribution in [1.29, 1.82) is 0 Å². The Kier molecular flexibility index (Phi) is 12.9. The van der Waals surface area contributed by atoms with Gasteiger partial charge in [-0.1, -0.05) is 6.07 Å². The van der Waals surface area contributed by atoms with Crippen molar-refractivity contribution in [3.05, 3.63) is 29.3 Å². The molecule has 1 heterocycles. The number of alkyl halides is 3. The summed E-state index contributed by atoms with van der Waals surface area (Å²) in [5.41, 5.74) is 0.127. The molecular weight excluding hydrogens is 528 g/mol. The first kappa shape index (κ1) is 27.2. The van der Waals surface area contributed by atoms with Gasteiger partial charge in [0, 0.05) is 31.9 Å². The minimum absolute atomic E-state index is 0. The van der Waals surface area contributed by atoms with Gasteiger partial charge >= 0.3 is 6.18 Å². The van der Waals surface area contributed by atoms with Crippen LogP contribution in [0.1, 0.15) is 30.9 Å². The molecule has 2 rings (SSSR count). The Hall–Kier alpha value is -0.880. The van der Waals surface area contributed by atoms with Gasteiger partial charge in [-0.25, -0.2) is 4.99 Å². The molecule has 30 heavy (non-hydrogen) atoms. The zero-order valence-corrected chi connectivity index (χ0v) is 20.7. The first-order valence-electron chi connectivity index (χ1n) is 9.99. The second-order valence-electron chi connectivity index (χ2n) is 6.76. The van der Waals surface area contributed by atoms with Crippen molar-refractivity contribution >= 4 is 47.4 Å². The summed E-state index contributed by atoms with van der Waals surface area (Å²) in [6.07, 6.45) is -0.264. The van der Waals surface area contributed by atoms with Crippen LogP contribution >= 0.6 is 35.7 Å². The van der Waals surface area contributed by atoms with Gasteiger partial charge in [-0.3, -0.25) is 0 Å². The number of guanidine groups is 1. The molecule has 1 aliphatic rings. The minimum atomic E-state index is -4.42. The number of hydrogen-bond acceptors (Lipinski definition) is 4. The second-order valence-corrected chi connectivity index (χ2v) is 7.75. The highest BCUT2D eigenvalue weighted by Crippen LogP contribution is 2.35. The number of anilines is 1. The second kappa shape index (κ2) is 14.2. The highest BCUT2D eigenvalue weighted by Gasteiger charge is 2.34. The first-order chi connectivity index (χ1) is 14.0. The smallest absolute Gasteiger partial charge is 0.378 e. The molecule has 1 saturated heterocycles. The molecule has 0 aliphatic carbocycles. The van der Waals surface area contributed by atoms with E-state index in [1.165, 1.54) is 6.07 Å². The number of thioether (sulfide) groups is 1. The van der Waals surface area contributed by atoms with Crippen molar-refractivity contribution in [1.82, 2.24) is 10.6 Å². The predicted octanol–water partition coefficient (Wildman–Crippen LogP) is 4.36. The van der Waals surface area contributed by atoms with Crippen LogP contribution in [-0.4, -0.2) is 57.4 Å². The largest absolute Gasteiger partial charge is 0.416 e. The Morgan fingerprint density at radius 3 is 2.57 bits per heavy atom. The summed E-state index contributed by atoms with van der Waals surface area (Å²) in [7, 11) is 0. The third-order valence-electron chi connectivity index (χ3n) is 4.59. The van der Waals surface area contributed by atoms with Crippen LogP contribution in [0, 0.1) is 0 Å². The van der Waals surface area contributed by atoms with Crippen LogP contribution in [0.4, 0.5) is 18.9 Å². The fourth-order valence-corrected chi connectivity index (χ4v) is 3.56. The molecule has 5 nitrogen and oxygen atoms in total. The van der Waals surface area contributed by atoms with Crippen molar-refractivity contribution in [3.8, 4) is 0 Å². The molecule has 0 unspecified atom stereocenters. The van der Waals surface area contributed by atoms with Gasteiger partial charge in [-0.05, 0) is 49.5 Å². The lowest BCUT2D eigenvalue weighted by molar-refractivity contribution is -0.138. The lowest BCUT2D eigenvalue weighted by Gasteiger charge is -2.29. The average molecular weight is 560 g/mol. The van der Waals surface area contributed by atoms with Crippen LogP contribution in [0.3, 0.4) is 0 Å². The average Bonchev–Trinajstić information content (AvgIpc) is 2.71. The maximum absolute atomic E-state index is 13.7. The van der Waals surface area contributed by atoms with E-state index in [9.17, 15) is 13.2 Å². The van der Waals surface area contributed by atoms with Gasteiger partial charge in [0.1, 0.15) is 0 Å². The number of halogens is 4. The topological polar surface area (TPSA) is 48.9 Å². The van der Waals surface area contributed by atoms with E-state index in [1.54, 1.807) is 23.9 Å². The van der Waals surface area contributed by atoms with Crippen molar-refractivity contribution in [3.63, 3.8) is 0 Å². The first-order valence-corrected chi connectivity index (χ1v) is 11.4. The molecule has 1 aliphatic heterocycles. The minimum Gasteiger partial charge on any atom is -0.378 e. The molecule has 0 bridgehead atoms. The Morgan fingerprint density at radius 1 is 1.20 bits per heavy atom. The van der Waals surface area contributed by atoms with E-state index >= 15 is 0 Å². The molecule has 1 aromatic rings. The van der Waals surface area contributed by atoms with E-state index in [1.807, 2.05) is 11.8 Å². The maximum Gasteiger partial charge on any atom is 0.416 e. The van der Waals surface area contributed by atoms with E-state index in [-0.39, 0.29) is 36.1 Å². The summed E-state index contributed by atoms with van der Waals surface area (Å²) in [4.78, 5) is 6.30. The quantitative estimate of drug-likeness (QED) is 0.204. The van der Waals surface area contributed by atoms with Crippen molar-refractivity contribution in [2.45, 2.75) is 32.5 Å². The van der Waals surface area contributed by atoms with Gasteiger partial charge in [-0.2, -0.15) is 24.9 Å². The van der Waals surface area contributed by atoms with Gasteiger partial charge in [0.15, 0.2) is 5.96 Å². The molecular formula is C20H32F3IN4OS. The number of nitrogens with zero attached hydrogens (tertiary/aromatic N) is 2. The molecule has 10 heteroatoms. The zero-order valence-electron chi connectivity index (χ0n) is 17.6. The summed E-state index contributed by atoms with van der Waals surface area (Å²) >= 11 is 1.80. The van der Waals surface area contributed by atoms with Crippen LogP contribution in [0.5, 0.6) is 0 Å². The fourth-order valence-electron chi connectivity index (χ4n) is 3.07. The molecule has 1 fully saturated rings. The standard InChI is InChI=1S/C20H31F3N4OS.HI/c1-3-24-19(25-8-4-5-13-29-2)26-15-16-6-7-17(14-18(16)20(21,22)23)27-9-11-28-12-10-27;/h6-7,14H,3-5,8-13,15H2,1-2H3,(H2,24,25,26);1H. The van der Waals surface area contributed by atoms with Gasteiger partial charge in [0.25, 0.3) is 0 Å². The van der Waals surface area contributed by atoms with Crippen LogP contribution in [0.2, 0.25) is 0 Å². The third kappa shape index (κ3) is 9.09. The number of rotatable bonds is 9. The third-order valence-corrected chi connectivity index (χ3v) is 5.29. The van der Waals surface area contributed by atoms with E-state index in [0.29, 0.717) is 44.5 Å². The van der Waals surface area contributed by atoms with Gasteiger partial charge < -0.3 is 20.3 Å². The molecule has 0 aromatic heterocycles. The molecule has 2 N–H and O–H groups in total. The summed E-state index contributed by atoms with van der Waals surface area (Å²) in [5.74, 6) is 1.64. The number of aliphatic imine (C=N–C) groups is 1. The van der Waals surface area contributed by atoms with Gasteiger partial charge in [0.2, 0.25) is 0 Å². The Morgan fingerprint density at radius 2 is 1.93 bits per heavy atom. The molecule has 1 aromatic carbocycles. The normalized spacial score (nSPS) is 15.0. The highest BCUT2D eigenvalue weighted by atomic mass is 127. The molecule has 172 valence electrons. The zero-order chi connectivity index (χ0) is 21.1. The lowest BCUT2D eigenvalue weighted by atomic mass is 10.1. The molecule has 0 amide bonds. The van der Waals surface area contributed by atoms with Crippen molar-refractivity contribution in [2.75, 3.05) is 56.3 Å². The van der Waals surface area contributed by atoms with Crippen LogP contribution in [0.25, 0.3) is 0 Å². The van der Waals surface area contributed by atoms with Crippen molar-refractivity contribution in [2.24, 2.45) is 4.99 Å². The molecule has 0 spiro atoms.